The lowest BCUT2D eigenvalue weighted by molar-refractivity contribution is 0.294. The smallest absolute Gasteiger partial charge is 0.0471 e. The first-order valence-electron chi connectivity index (χ1n) is 8.40. The van der Waals surface area contributed by atoms with Crippen LogP contribution in [0.3, 0.4) is 0 Å². The predicted molar refractivity (Wildman–Crippen MR) is 101 cm³/mol. The summed E-state index contributed by atoms with van der Waals surface area (Å²) in [7, 11) is 0. The molecule has 0 saturated heterocycles. The van der Waals surface area contributed by atoms with Crippen LogP contribution >= 0.6 is 0 Å². The average Bonchev–Trinajstić information content (AvgIpc) is 2.64. The Balaban J connectivity index is 2.28. The van der Waals surface area contributed by atoms with Crippen molar-refractivity contribution in [2.24, 2.45) is 0 Å². The highest BCUT2D eigenvalue weighted by molar-refractivity contribution is 6.19. The summed E-state index contributed by atoms with van der Waals surface area (Å²) < 4.78 is 0. The molecular formula is C22H20O2. The van der Waals surface area contributed by atoms with Crippen molar-refractivity contribution in [1.82, 2.24) is 0 Å². The molecule has 0 aliphatic rings. The van der Waals surface area contributed by atoms with E-state index in [1.54, 1.807) is 0 Å². The van der Waals surface area contributed by atoms with Crippen molar-refractivity contribution in [3.05, 3.63) is 71.8 Å². The van der Waals surface area contributed by atoms with Gasteiger partial charge in [-0.3, -0.25) is 0 Å². The maximum Gasteiger partial charge on any atom is 0.0471 e. The molecule has 0 amide bonds. The van der Waals surface area contributed by atoms with E-state index in [1.807, 2.05) is 6.07 Å². The first-order valence-corrected chi connectivity index (χ1v) is 8.40. The summed E-state index contributed by atoms with van der Waals surface area (Å²) in [6.07, 6.45) is 1.21. The molecule has 0 aromatic heterocycles. The van der Waals surface area contributed by atoms with Gasteiger partial charge in [-0.2, -0.15) is 0 Å². The second kappa shape index (κ2) is 6.23. The zero-order chi connectivity index (χ0) is 16.5. The van der Waals surface area contributed by atoms with Gasteiger partial charge in [-0.15, -0.1) is 0 Å². The Labute approximate surface area is 141 Å². The minimum atomic E-state index is 0.106. The largest absolute Gasteiger partial charge is 0.396 e. The summed E-state index contributed by atoms with van der Waals surface area (Å²) in [6.45, 7) is 0.216. The van der Waals surface area contributed by atoms with E-state index in [0.29, 0.717) is 12.8 Å². The van der Waals surface area contributed by atoms with Crippen LogP contribution in [0.5, 0.6) is 0 Å². The molecule has 24 heavy (non-hydrogen) atoms. The molecule has 4 aromatic carbocycles. The van der Waals surface area contributed by atoms with Gasteiger partial charge in [0.2, 0.25) is 0 Å². The van der Waals surface area contributed by atoms with Crippen molar-refractivity contribution < 1.29 is 10.2 Å². The molecule has 0 saturated carbocycles. The molecule has 0 heterocycles. The third kappa shape index (κ3) is 2.27. The molecular weight excluding hydrogens is 296 g/mol. The molecule has 0 aliphatic heterocycles. The van der Waals surface area contributed by atoms with Crippen molar-refractivity contribution in [3.8, 4) is 0 Å². The molecule has 2 N–H and O–H groups in total. The van der Waals surface area contributed by atoms with Gasteiger partial charge in [0.15, 0.2) is 0 Å². The molecule has 0 atom stereocenters. The molecule has 0 fully saturated rings. The monoisotopic (exact) mass is 316 g/mol. The van der Waals surface area contributed by atoms with Crippen LogP contribution in [0.4, 0.5) is 0 Å². The molecule has 0 radical (unpaired) electrons. The standard InChI is InChI=1S/C22H20O2/c23-13-11-19-17-7-3-4-8-18(17)20-10-9-15-5-1-2-6-16(15)22(20)21(19)12-14-24/h1-10,23-24H,11-14H2. The Morgan fingerprint density at radius 3 is 1.92 bits per heavy atom. The molecule has 120 valence electrons. The molecule has 0 spiro atoms. The van der Waals surface area contributed by atoms with Crippen LogP contribution in [0.1, 0.15) is 11.1 Å². The number of aliphatic hydroxyl groups excluding tert-OH is 2. The van der Waals surface area contributed by atoms with Gasteiger partial charge in [-0.05, 0) is 56.3 Å². The van der Waals surface area contributed by atoms with Crippen LogP contribution in [0.2, 0.25) is 0 Å². The molecule has 0 aliphatic carbocycles. The SMILES string of the molecule is OCCc1c(CCO)c2c3ccccc3ccc2c2ccccc12. The maximum atomic E-state index is 9.65. The molecule has 2 nitrogen and oxygen atoms in total. The van der Waals surface area contributed by atoms with Crippen molar-refractivity contribution in [2.75, 3.05) is 13.2 Å². The highest BCUT2D eigenvalue weighted by Gasteiger charge is 2.15. The van der Waals surface area contributed by atoms with Gasteiger partial charge in [-0.1, -0.05) is 60.7 Å². The van der Waals surface area contributed by atoms with Gasteiger partial charge >= 0.3 is 0 Å². The van der Waals surface area contributed by atoms with Crippen molar-refractivity contribution >= 4 is 32.3 Å². The minimum absolute atomic E-state index is 0.106. The summed E-state index contributed by atoms with van der Waals surface area (Å²) in [5.41, 5.74) is 2.32. The van der Waals surface area contributed by atoms with Crippen LogP contribution in [0.15, 0.2) is 60.7 Å². The van der Waals surface area contributed by atoms with E-state index in [0.717, 1.165) is 11.1 Å². The van der Waals surface area contributed by atoms with Gasteiger partial charge in [0.25, 0.3) is 0 Å². The van der Waals surface area contributed by atoms with E-state index in [4.69, 9.17) is 0 Å². The first kappa shape index (κ1) is 15.1. The summed E-state index contributed by atoms with van der Waals surface area (Å²) >= 11 is 0. The Bertz CT molecular complexity index is 1030. The number of benzene rings is 4. The number of fused-ring (bicyclic) bond motifs is 5. The lowest BCUT2D eigenvalue weighted by Gasteiger charge is -2.18. The van der Waals surface area contributed by atoms with Crippen molar-refractivity contribution in [2.45, 2.75) is 12.8 Å². The fourth-order valence-electron chi connectivity index (χ4n) is 3.90. The Hall–Kier alpha value is -2.42. The van der Waals surface area contributed by atoms with Gasteiger partial charge in [-0.25, -0.2) is 0 Å². The number of hydrogen-bond acceptors (Lipinski definition) is 2. The minimum Gasteiger partial charge on any atom is -0.396 e. The van der Waals surface area contributed by atoms with Crippen molar-refractivity contribution in [3.63, 3.8) is 0 Å². The number of hydrogen-bond donors (Lipinski definition) is 2. The third-order valence-electron chi connectivity index (χ3n) is 4.86. The second-order valence-corrected chi connectivity index (χ2v) is 6.16. The van der Waals surface area contributed by atoms with Crippen LogP contribution < -0.4 is 0 Å². The zero-order valence-corrected chi connectivity index (χ0v) is 13.5. The lowest BCUT2D eigenvalue weighted by Crippen LogP contribution is -2.03. The van der Waals surface area contributed by atoms with Crippen LogP contribution in [0.25, 0.3) is 32.3 Å². The van der Waals surface area contributed by atoms with E-state index in [1.165, 1.54) is 32.3 Å². The van der Waals surface area contributed by atoms with Crippen LogP contribution in [-0.4, -0.2) is 23.4 Å². The summed E-state index contributed by atoms with van der Waals surface area (Å²) in [5, 5.41) is 26.5. The van der Waals surface area contributed by atoms with E-state index in [9.17, 15) is 10.2 Å². The summed E-state index contributed by atoms with van der Waals surface area (Å²) in [5.74, 6) is 0. The highest BCUT2D eigenvalue weighted by atomic mass is 16.3. The van der Waals surface area contributed by atoms with E-state index < -0.39 is 0 Å². The first-order chi connectivity index (χ1) is 11.8. The topological polar surface area (TPSA) is 40.5 Å². The predicted octanol–water partition coefficient (Wildman–Crippen LogP) is 4.22. The highest BCUT2D eigenvalue weighted by Crippen LogP contribution is 2.37. The molecule has 2 heteroatoms. The number of aliphatic hydroxyl groups is 2. The van der Waals surface area contributed by atoms with Gasteiger partial charge in [0, 0.05) is 13.2 Å². The number of rotatable bonds is 4. The molecule has 4 aromatic rings. The normalized spacial score (nSPS) is 11.6. The summed E-state index contributed by atoms with van der Waals surface area (Å²) in [6, 6.07) is 21.1. The Kier molecular flexibility index (Phi) is 3.93. The fraction of sp³-hybridized carbons (Fsp3) is 0.182. The second-order valence-electron chi connectivity index (χ2n) is 6.16. The maximum absolute atomic E-state index is 9.65. The van der Waals surface area contributed by atoms with Crippen molar-refractivity contribution in [1.29, 1.82) is 0 Å². The molecule has 4 rings (SSSR count). The van der Waals surface area contributed by atoms with E-state index in [-0.39, 0.29) is 13.2 Å². The Morgan fingerprint density at radius 2 is 1.17 bits per heavy atom. The summed E-state index contributed by atoms with van der Waals surface area (Å²) in [4.78, 5) is 0. The molecule has 0 unspecified atom stereocenters. The zero-order valence-electron chi connectivity index (χ0n) is 13.5. The Morgan fingerprint density at radius 1 is 0.542 bits per heavy atom. The van der Waals surface area contributed by atoms with Gasteiger partial charge in [0.1, 0.15) is 0 Å². The van der Waals surface area contributed by atoms with Crippen LogP contribution in [0, 0.1) is 0 Å². The third-order valence-corrected chi connectivity index (χ3v) is 4.86. The van der Waals surface area contributed by atoms with E-state index in [2.05, 4.69) is 54.6 Å². The fourth-order valence-corrected chi connectivity index (χ4v) is 3.90. The molecule has 0 bridgehead atoms. The van der Waals surface area contributed by atoms with Gasteiger partial charge in [0.05, 0.1) is 0 Å². The van der Waals surface area contributed by atoms with Crippen LogP contribution in [-0.2, 0) is 12.8 Å². The van der Waals surface area contributed by atoms with E-state index >= 15 is 0 Å². The van der Waals surface area contributed by atoms with Gasteiger partial charge < -0.3 is 10.2 Å². The average molecular weight is 316 g/mol. The lowest BCUT2D eigenvalue weighted by atomic mass is 9.86. The quantitative estimate of drug-likeness (QED) is 0.554.